The van der Waals surface area contributed by atoms with Crippen LogP contribution in [0.2, 0.25) is 0 Å². The van der Waals surface area contributed by atoms with E-state index in [9.17, 15) is 141 Å². The van der Waals surface area contributed by atoms with Crippen LogP contribution in [0, 0.1) is 76.9 Å². The Morgan fingerprint density at radius 3 is 1.09 bits per heavy atom. The van der Waals surface area contributed by atoms with Gasteiger partial charge in [-0.2, -0.15) is 0 Å². The summed E-state index contributed by atoms with van der Waals surface area (Å²) in [5.74, 6) is -10.1. The maximum atomic E-state index is 12.7. The van der Waals surface area contributed by atoms with Crippen LogP contribution in [0.5, 0.6) is 0 Å². The van der Waals surface area contributed by atoms with Crippen molar-refractivity contribution in [2.45, 2.75) is 269 Å². The zero-order valence-electron chi connectivity index (χ0n) is 74.3. The van der Waals surface area contributed by atoms with Crippen LogP contribution in [0.3, 0.4) is 0 Å². The maximum Gasteiger partial charge on any atom is 0.295 e. The molecule has 9 fully saturated rings. The molecule has 9 rings (SSSR count). The maximum absolute atomic E-state index is 12.7. The number of hydrogen-bond donors (Lipinski definition) is 0. The molecule has 1 aliphatic carbocycles. The van der Waals surface area contributed by atoms with Gasteiger partial charge in [-0.05, 0) is 63.1 Å². The van der Waals surface area contributed by atoms with Gasteiger partial charge in [-0.15, -0.1) is 8.67 Å². The van der Waals surface area contributed by atoms with Crippen LogP contribution < -0.4 is 10.4 Å². The second kappa shape index (κ2) is 49.5. The first kappa shape index (κ1) is 121. The molecule has 0 spiro atoms. The van der Waals surface area contributed by atoms with Gasteiger partial charge in [-0.3, -0.25) is 51.7 Å². The van der Waals surface area contributed by atoms with Gasteiger partial charge in [0.1, 0.15) is 97.3 Å². The number of rotatable bonds is 48. The SMILES string of the molecule is CC1C(C)[C@H](OSOO[O-])C(COS(=O)(=O)[O-])O[C@@H]1O[C@@H]1C(COS(=O)(=O)[O-])O[C@H](O[C@@H]2C(COS(=O)(=O)[O-])O[C@H](C)C(C)C2C)C(C)C1C.CO[C@@H]1C(COS(=O)(=O)[O-])O[C@H](O[C@@H]2C(OC[O-])O[C@@H](O[C@@H]3C(COOS(=O)[O-])O[C@@H](OC4(C)[C@@H]5C(OC=O)O[C@@H](O[C@@H]6C(COS(=O)(=O)[O-])O[C@H](C)C(OS(=O)(=O)[O-])C6OS(=O)(=O)[O-])C(C)[C@H]54)C(OS(=O)(=O)[O-])[C@H]3OS(=O)(=O)[O-])C(C)C2C)C(C)C1C. The fourth-order valence-corrected chi connectivity index (χ4v) is 21.5. The average Bonchev–Trinajstić information content (AvgIpc) is 1.52. The Balaban J connectivity index is 0.000000395. The number of carbonyl (C=O) groups excluding carboxylic acids is 1. The van der Waals surface area contributed by atoms with Gasteiger partial charge in [0, 0.05) is 42.6 Å². The predicted molar refractivity (Wildman–Crippen MR) is 413 cm³/mol. The lowest BCUT2D eigenvalue weighted by molar-refractivity contribution is -0.777. The van der Waals surface area contributed by atoms with Gasteiger partial charge < -0.3 is 136 Å². The van der Waals surface area contributed by atoms with E-state index in [1.807, 2.05) is 13.8 Å². The van der Waals surface area contributed by atoms with Crippen molar-refractivity contribution < 1.29 is 282 Å². The van der Waals surface area contributed by atoms with Crippen LogP contribution in [-0.2, 0) is 251 Å². The molecular weight excluding hydrogens is 2130 g/mol. The van der Waals surface area contributed by atoms with E-state index in [0.717, 1.165) is 13.8 Å². The molecule has 8 saturated heterocycles. The Morgan fingerprint density at radius 1 is 0.348 bits per heavy atom. The smallest absolute Gasteiger partial charge is 0.295 e. The molecule has 1 saturated carbocycles. The third kappa shape index (κ3) is 34.4. The molecule has 63 nitrogen and oxygen atoms in total. The van der Waals surface area contributed by atoms with Gasteiger partial charge in [-0.25, -0.2) is 84.9 Å². The van der Waals surface area contributed by atoms with Crippen molar-refractivity contribution in [2.75, 3.05) is 53.5 Å². The molecule has 138 heavy (non-hydrogen) atoms. The Morgan fingerprint density at radius 2 is 0.674 bits per heavy atom. The number of fused-ring (bicyclic) bond motifs is 1. The van der Waals surface area contributed by atoms with E-state index in [2.05, 4.69) is 43.0 Å². The zero-order chi connectivity index (χ0) is 104. The van der Waals surface area contributed by atoms with Crippen LogP contribution >= 0.6 is 12.3 Å². The second-order valence-corrected chi connectivity index (χ2v) is 43.7. The molecule has 0 bridgehead atoms. The molecule has 0 radical (unpaired) electrons. The Bertz CT molecular complexity index is 5050. The largest absolute Gasteiger partial charge is 0.834 e. The summed E-state index contributed by atoms with van der Waals surface area (Å²) in [5.41, 5.74) is -2.14. The molecular formula is C64H100O63S11-12. The lowest BCUT2D eigenvalue weighted by Gasteiger charge is -2.51. The van der Waals surface area contributed by atoms with Gasteiger partial charge in [0.15, 0.2) is 62.5 Å². The normalized spacial score (nSPS) is 41.2. The first-order chi connectivity index (χ1) is 63.4. The molecule has 24 unspecified atom stereocenters. The van der Waals surface area contributed by atoms with Crippen molar-refractivity contribution in [3.8, 4) is 0 Å². The van der Waals surface area contributed by atoms with Gasteiger partial charge in [0.05, 0.1) is 75.1 Å². The molecule has 812 valence electrons. The topological polar surface area (TPSA) is 904 Å². The van der Waals surface area contributed by atoms with Gasteiger partial charge >= 0.3 is 0 Å². The Kier molecular flexibility index (Phi) is 43.4. The summed E-state index contributed by atoms with van der Waals surface area (Å²) in [6, 6.07) is 0. The molecule has 8 aliphatic heterocycles. The summed E-state index contributed by atoms with van der Waals surface area (Å²) in [7, 11) is -49.4. The molecule has 0 aromatic carbocycles. The van der Waals surface area contributed by atoms with Crippen LogP contribution in [0.4, 0.5) is 0 Å². The van der Waals surface area contributed by atoms with E-state index >= 15 is 0 Å². The predicted octanol–water partition coefficient (Wildman–Crippen LogP) is -7.04. The van der Waals surface area contributed by atoms with E-state index in [0.29, 0.717) is 0 Å². The highest BCUT2D eigenvalue weighted by atomic mass is 32.3. The summed E-state index contributed by atoms with van der Waals surface area (Å²) in [6.45, 7) is 14.1. The number of hydrogen-bond acceptors (Lipinski definition) is 64. The minimum Gasteiger partial charge on any atom is -0.834 e. The standard InChI is InChI=1S/C39H65O42S7.C25H46O21S4/c1-14-16(3)33(69-21(25(14)62-8)10-66-83(44,45)46)71-26-15(2)17(4)34(75-37(26)64-13-41)72-28-20(9-65-81-82(42)43)70-38(32(80-88(59,60)61)31(28)79-87(56,57)58)76-39(7)23-18(5)35(74-36(24(23)39)63-12-40)73-29-22(11-67-84(47,48)49)68-19(6)27(77-85(50,51)52)30(29)78-86(53,54)55;1-11-12(2)21(18(39-17(11)7)8-36-48(27,28)29)42-24-15(5)13(3)22(19(40-24)9-37-49(30,31)32)43-25-16(6)14(4)23(44-47-46-45-26)20(41-25)10-38-50(33,34)35/h12,14-38H,9-11,13H2,1-8H3,(H,42,43)(H,44,45,46)(H,47,48,49)(H,50,51,52)(H,53,54,55)(H,56,57,58)(H,59,60,61);11-26H,8-10H2,1-7H3,(H,27,28,29)(H,30,31,32)(H,33,34,35)/q-1;/p-11/t14?,15?,16?,17?,18?,19-,20?,21?,22?,23-,24+,25+,26+,27?,28-,29-,30?,31+,32?,33-,34-,35-,36?,37?,38+,39?;11?,12?,13?,14?,15?,16?,17-,18?,19?,20?,21+,22+,23+,24-,25-/m11/s1. The molecule has 74 heteroatoms. The molecule has 9 aliphatic rings. The third-order valence-electron chi connectivity index (χ3n) is 25.0. The fourth-order valence-electron chi connectivity index (χ4n) is 17.4. The van der Waals surface area contributed by atoms with Gasteiger partial charge in [0.25, 0.3) is 6.47 Å². The van der Waals surface area contributed by atoms with E-state index in [4.69, 9.17) is 98.0 Å². The summed E-state index contributed by atoms with van der Waals surface area (Å²) >= 11 is -3.40. The van der Waals surface area contributed by atoms with Crippen LogP contribution in [0.25, 0.3) is 0 Å². The van der Waals surface area contributed by atoms with Crippen molar-refractivity contribution in [1.82, 2.24) is 0 Å². The van der Waals surface area contributed by atoms with E-state index in [-0.39, 0.29) is 36.7 Å². The minimum atomic E-state index is -6.20. The molecule has 8 heterocycles. The molecule has 0 amide bonds. The third-order valence-corrected chi connectivity index (χ3v) is 29.6. The van der Waals surface area contributed by atoms with Gasteiger partial charge in [0.2, 0.25) is 99.9 Å². The first-order valence-electron chi connectivity index (χ1n) is 40.7. The van der Waals surface area contributed by atoms with Crippen molar-refractivity contribution in [1.29, 1.82) is 0 Å². The summed E-state index contributed by atoms with van der Waals surface area (Å²) in [4.78, 5) is 16.8. The van der Waals surface area contributed by atoms with Crippen LogP contribution in [0.15, 0.2) is 0 Å². The van der Waals surface area contributed by atoms with Gasteiger partial charge in [-0.1, -0.05) is 76.2 Å². The fraction of sp³-hybridized carbons (Fsp3) is 0.984. The van der Waals surface area contributed by atoms with Crippen molar-refractivity contribution >= 4 is 124 Å². The zero-order valence-corrected chi connectivity index (χ0v) is 83.3. The first-order valence-corrected chi connectivity index (χ1v) is 54.3. The lowest BCUT2D eigenvalue weighted by Crippen LogP contribution is -2.65. The molecule has 0 aromatic rings. The summed E-state index contributed by atoms with van der Waals surface area (Å²) in [5, 5.41) is 25.6. The molecule has 42 atom stereocenters. The second-order valence-electron chi connectivity index (χ2n) is 33.4. The summed E-state index contributed by atoms with van der Waals surface area (Å²) in [6.07, 6.45) is -46.5. The minimum absolute atomic E-state index is 0.108. The number of ether oxygens (including phenoxy) is 17. The highest BCUT2D eigenvalue weighted by molar-refractivity contribution is 7.89. The van der Waals surface area contributed by atoms with E-state index in [1.54, 1.807) is 48.5 Å². The Labute approximate surface area is 799 Å². The van der Waals surface area contributed by atoms with Crippen molar-refractivity contribution in [2.24, 2.45) is 76.9 Å². The van der Waals surface area contributed by atoms with E-state index in [1.165, 1.54) is 27.9 Å². The van der Waals surface area contributed by atoms with E-state index < -0.39 is 382 Å². The quantitative estimate of drug-likeness (QED) is 0.00629. The highest BCUT2D eigenvalue weighted by Crippen LogP contribution is 2.65. The van der Waals surface area contributed by atoms with Crippen LogP contribution in [0.1, 0.15) is 96.9 Å². The summed E-state index contributed by atoms with van der Waals surface area (Å²) < 4.78 is 496. The molecule has 0 N–H and O–H groups in total. The monoisotopic (exact) mass is 2230 g/mol. The van der Waals surface area contributed by atoms with Crippen molar-refractivity contribution in [3.63, 3.8) is 0 Å². The van der Waals surface area contributed by atoms with Crippen molar-refractivity contribution in [3.05, 3.63) is 0 Å². The number of methoxy groups -OCH3 is 1. The average molecular weight is 2230 g/mol. The van der Waals surface area contributed by atoms with Crippen LogP contribution in [-0.4, -0.2) is 357 Å². The highest BCUT2D eigenvalue weighted by Gasteiger charge is 2.75. The molecule has 0 aromatic heterocycles. The number of carbonyl (C=O) groups is 1. The Hall–Kier alpha value is -2.16. The lowest BCUT2D eigenvalue weighted by atomic mass is 9.81.